The fraction of sp³-hybridized carbons (Fsp3) is 0.0625. The lowest BCUT2D eigenvalue weighted by Crippen LogP contribution is -2.35. The fourth-order valence-electron chi connectivity index (χ4n) is 8.22. The van der Waals surface area contributed by atoms with Crippen molar-refractivity contribution in [3.05, 3.63) is 203 Å². The van der Waals surface area contributed by atoms with Gasteiger partial charge in [0.15, 0.2) is 17.5 Å². The zero-order valence-corrected chi connectivity index (χ0v) is 29.0. The number of hydrogen-bond acceptors (Lipinski definition) is 3. The second kappa shape index (κ2) is 11.7. The van der Waals surface area contributed by atoms with Crippen LogP contribution in [0.2, 0.25) is 0 Å². The van der Waals surface area contributed by atoms with Crippen LogP contribution in [0.4, 0.5) is 0 Å². The molecule has 4 heteroatoms. The lowest BCUT2D eigenvalue weighted by atomic mass is 9.62. The molecule has 0 saturated heterocycles. The smallest absolute Gasteiger partial charge is 0.164 e. The third-order valence-corrected chi connectivity index (χ3v) is 10.7. The quantitative estimate of drug-likeness (QED) is 0.182. The number of benzene rings is 7. The molecule has 0 fully saturated rings. The summed E-state index contributed by atoms with van der Waals surface area (Å²) < 4.78 is 2.47. The van der Waals surface area contributed by atoms with Crippen molar-refractivity contribution in [3.8, 4) is 39.9 Å². The molecule has 2 aromatic heterocycles. The Balaban J connectivity index is 0.00000133. The number of aromatic nitrogens is 4. The number of para-hydroxylation sites is 2. The summed E-state index contributed by atoms with van der Waals surface area (Å²) in [7, 11) is 0. The highest BCUT2D eigenvalue weighted by Crippen LogP contribution is 2.54. The van der Waals surface area contributed by atoms with Crippen LogP contribution in [0.5, 0.6) is 0 Å². The van der Waals surface area contributed by atoms with Gasteiger partial charge in [0, 0.05) is 33.2 Å². The molecule has 1 aliphatic rings. The van der Waals surface area contributed by atoms with Crippen LogP contribution < -0.4 is 0 Å². The van der Waals surface area contributed by atoms with Crippen molar-refractivity contribution in [2.75, 3.05) is 0 Å². The Bertz CT molecular complexity index is 2700. The third-order valence-electron chi connectivity index (χ3n) is 10.7. The molecule has 0 aliphatic carbocycles. The highest BCUT2D eigenvalue weighted by Gasteiger charge is 2.45. The van der Waals surface area contributed by atoms with Gasteiger partial charge in [0.1, 0.15) is 0 Å². The average Bonchev–Trinajstić information content (AvgIpc) is 3.55. The molecule has 0 N–H and O–H groups in total. The Morgan fingerprint density at radius 1 is 0.442 bits per heavy atom. The first-order valence-electron chi connectivity index (χ1n) is 17.8. The molecule has 0 atom stereocenters. The predicted octanol–water partition coefficient (Wildman–Crippen LogP) is 12.3. The van der Waals surface area contributed by atoms with Crippen molar-refractivity contribution in [3.63, 3.8) is 0 Å². The van der Waals surface area contributed by atoms with E-state index in [2.05, 4.69) is 152 Å². The molecule has 9 aromatic rings. The summed E-state index contributed by atoms with van der Waals surface area (Å²) in [6.07, 6.45) is 0. The van der Waals surface area contributed by atoms with Crippen LogP contribution in [0, 0.1) is 13.8 Å². The van der Waals surface area contributed by atoms with E-state index in [0.29, 0.717) is 17.5 Å². The van der Waals surface area contributed by atoms with E-state index in [1.54, 1.807) is 0 Å². The van der Waals surface area contributed by atoms with Crippen LogP contribution in [-0.2, 0) is 5.41 Å². The molecule has 0 saturated carbocycles. The molecule has 4 nitrogen and oxygen atoms in total. The Kier molecular flexibility index (Phi) is 6.80. The van der Waals surface area contributed by atoms with Gasteiger partial charge in [0.05, 0.1) is 22.1 Å². The zero-order chi connectivity index (χ0) is 34.8. The van der Waals surface area contributed by atoms with Gasteiger partial charge in [0.2, 0.25) is 0 Å². The monoisotopic (exact) mass is 674 g/mol. The largest absolute Gasteiger partial charge is 0.309 e. The van der Waals surface area contributed by atoms with Gasteiger partial charge in [-0.15, -0.1) is 0 Å². The highest BCUT2D eigenvalue weighted by molar-refractivity contribution is 6.12. The second-order valence-electron chi connectivity index (χ2n) is 13.8. The van der Waals surface area contributed by atoms with Crippen LogP contribution in [0.3, 0.4) is 0 Å². The van der Waals surface area contributed by atoms with Crippen molar-refractivity contribution in [2.24, 2.45) is 0 Å². The summed E-state index contributed by atoms with van der Waals surface area (Å²) >= 11 is 0. The maximum atomic E-state index is 5.16. The summed E-state index contributed by atoms with van der Waals surface area (Å²) in [5.41, 5.74) is 13.1. The first kappa shape index (κ1) is 30.2. The summed E-state index contributed by atoms with van der Waals surface area (Å²) in [5.74, 6) is 1.93. The number of aryl methyl sites for hydroxylation is 2. The number of hydrogen-bond donors (Lipinski definition) is 0. The van der Waals surface area contributed by atoms with Crippen LogP contribution in [0.15, 0.2) is 170 Å². The van der Waals surface area contributed by atoms with Gasteiger partial charge in [-0.3, -0.25) is 0 Å². The van der Waals surface area contributed by atoms with Crippen molar-refractivity contribution >= 4 is 21.8 Å². The number of fused-ring (bicyclic) bond motifs is 5. The van der Waals surface area contributed by atoms with Crippen LogP contribution >= 0.6 is 0 Å². The first-order valence-corrected chi connectivity index (χ1v) is 17.8. The van der Waals surface area contributed by atoms with E-state index in [9.17, 15) is 0 Å². The molecule has 0 spiro atoms. The molecule has 0 unspecified atom stereocenters. The maximum absolute atomic E-state index is 5.16. The van der Waals surface area contributed by atoms with Gasteiger partial charge in [-0.2, -0.15) is 0 Å². The lowest BCUT2D eigenvalue weighted by molar-refractivity contribution is 0.727. The van der Waals surface area contributed by atoms with Gasteiger partial charge < -0.3 is 4.57 Å². The lowest BCUT2D eigenvalue weighted by Gasteiger charge is -2.42. The molecule has 7 aromatic carbocycles. The minimum Gasteiger partial charge on any atom is -0.309 e. The summed E-state index contributed by atoms with van der Waals surface area (Å²) in [6, 6.07) is 61.0. The van der Waals surface area contributed by atoms with Crippen molar-refractivity contribution in [1.29, 1.82) is 0 Å². The Morgan fingerprint density at radius 3 is 1.56 bits per heavy atom. The summed E-state index contributed by atoms with van der Waals surface area (Å²) in [6.45, 7) is 4.31. The topological polar surface area (TPSA) is 43.6 Å². The number of rotatable bonds is 5. The third kappa shape index (κ3) is 4.51. The number of nitrogens with zero attached hydrogens (tertiary/aromatic N) is 4. The SMILES string of the molecule is Cc1ccc(C2(c3ccc(C)cc3)c3cc(-c4nc(-c5ccccc5)nc(-c5ccccc5)n4)ccc3-n3c4ccccc4c4cccc2c43)cc1.[HH].[HH].[HH].[HH]. The molecule has 1 aliphatic heterocycles. The zero-order valence-electron chi connectivity index (χ0n) is 29.0. The van der Waals surface area contributed by atoms with Crippen LogP contribution in [0.25, 0.3) is 61.7 Å². The maximum Gasteiger partial charge on any atom is 0.164 e. The van der Waals surface area contributed by atoms with Crippen molar-refractivity contribution in [1.82, 2.24) is 19.5 Å². The van der Waals surface area contributed by atoms with E-state index < -0.39 is 5.41 Å². The predicted molar refractivity (Wildman–Crippen MR) is 220 cm³/mol. The van der Waals surface area contributed by atoms with Gasteiger partial charge in [-0.05, 0) is 60.4 Å². The van der Waals surface area contributed by atoms with Gasteiger partial charge in [0.25, 0.3) is 0 Å². The Hall–Kier alpha value is -6.65. The van der Waals surface area contributed by atoms with E-state index in [1.165, 1.54) is 55.2 Å². The fourth-order valence-corrected chi connectivity index (χ4v) is 8.22. The van der Waals surface area contributed by atoms with E-state index in [-0.39, 0.29) is 5.71 Å². The molecule has 0 amide bonds. The van der Waals surface area contributed by atoms with Gasteiger partial charge in [-0.25, -0.2) is 15.0 Å². The first-order chi connectivity index (χ1) is 25.6. The molecular weight excluding hydrogens is 633 g/mol. The van der Waals surface area contributed by atoms with Crippen LogP contribution in [-0.4, -0.2) is 19.5 Å². The van der Waals surface area contributed by atoms with Gasteiger partial charge >= 0.3 is 0 Å². The van der Waals surface area contributed by atoms with Crippen molar-refractivity contribution in [2.45, 2.75) is 19.3 Å². The van der Waals surface area contributed by atoms with Gasteiger partial charge in [-0.1, -0.05) is 157 Å². The molecule has 0 radical (unpaired) electrons. The van der Waals surface area contributed by atoms with Crippen molar-refractivity contribution < 1.29 is 5.71 Å². The highest BCUT2D eigenvalue weighted by atomic mass is 15.0. The van der Waals surface area contributed by atoms with E-state index in [4.69, 9.17) is 15.0 Å². The Morgan fingerprint density at radius 2 is 0.962 bits per heavy atom. The molecule has 10 rings (SSSR count). The normalized spacial score (nSPS) is 13.0. The minimum atomic E-state index is -0.631. The molecule has 0 bridgehead atoms. The molecular formula is C48H42N4. The molecule has 254 valence electrons. The van der Waals surface area contributed by atoms with E-state index in [1.807, 2.05) is 36.4 Å². The summed E-state index contributed by atoms with van der Waals surface area (Å²) in [5, 5.41) is 2.50. The standard InChI is InChI=1S/C48H34N4.4H2/c1-31-20-25-36(26-21-31)48(37-27-22-32(2)23-28-37)40-18-11-17-39-38-16-9-10-19-42(38)52(44(39)40)43-29-24-35(30-41(43)48)47-50-45(33-12-5-3-6-13-33)49-46(51-47)34-14-7-4-8-15-34;;;;/h3-30H,1-2H3;4*1H. The Labute approximate surface area is 308 Å². The van der Waals surface area contributed by atoms with Crippen LogP contribution in [0.1, 0.15) is 39.1 Å². The minimum absolute atomic E-state index is 0. The average molecular weight is 675 g/mol. The summed E-state index contributed by atoms with van der Waals surface area (Å²) in [4.78, 5) is 15.3. The molecule has 3 heterocycles. The molecule has 52 heavy (non-hydrogen) atoms. The van der Waals surface area contributed by atoms with E-state index >= 15 is 0 Å². The van der Waals surface area contributed by atoms with E-state index in [0.717, 1.165) is 22.4 Å². The second-order valence-corrected chi connectivity index (χ2v) is 13.8.